The molecule has 0 radical (unpaired) electrons. The number of halogens is 1. The standard InChI is InChI=1S/C15H17BrO3/c1-18-15(17)14-12(8-11-6-7-13(14)19-11)9-2-4-10(16)5-3-9/h2-5,11-14H,6-8H2,1H3/t11?,12-,13?,14+/m1/s1. The molecule has 0 spiro atoms. The van der Waals surface area contributed by atoms with E-state index >= 15 is 0 Å². The first kappa shape index (κ1) is 13.1. The zero-order valence-electron chi connectivity index (χ0n) is 10.8. The minimum atomic E-state index is -0.162. The molecule has 1 aromatic carbocycles. The third-order valence-electron chi connectivity index (χ3n) is 4.26. The van der Waals surface area contributed by atoms with E-state index in [-0.39, 0.29) is 23.9 Å². The summed E-state index contributed by atoms with van der Waals surface area (Å²) in [6.45, 7) is 0. The number of carbonyl (C=O) groups is 1. The first-order chi connectivity index (χ1) is 9.19. The molecule has 2 heterocycles. The van der Waals surface area contributed by atoms with Crippen LogP contribution in [0.3, 0.4) is 0 Å². The van der Waals surface area contributed by atoms with E-state index in [0.717, 1.165) is 23.7 Å². The molecule has 2 bridgehead atoms. The quantitative estimate of drug-likeness (QED) is 0.783. The van der Waals surface area contributed by atoms with Crippen molar-refractivity contribution in [3.05, 3.63) is 34.3 Å². The number of benzene rings is 1. The molecule has 2 aliphatic heterocycles. The second-order valence-electron chi connectivity index (χ2n) is 5.32. The highest BCUT2D eigenvalue weighted by Gasteiger charge is 2.47. The van der Waals surface area contributed by atoms with Gasteiger partial charge in [0.15, 0.2) is 0 Å². The summed E-state index contributed by atoms with van der Waals surface area (Å²) >= 11 is 3.45. The van der Waals surface area contributed by atoms with Gasteiger partial charge >= 0.3 is 5.97 Å². The van der Waals surface area contributed by atoms with Crippen molar-refractivity contribution in [3.8, 4) is 0 Å². The van der Waals surface area contributed by atoms with Crippen LogP contribution in [0.5, 0.6) is 0 Å². The third-order valence-corrected chi connectivity index (χ3v) is 4.79. The van der Waals surface area contributed by atoms with Gasteiger partial charge in [-0.3, -0.25) is 4.79 Å². The maximum atomic E-state index is 12.1. The van der Waals surface area contributed by atoms with Gasteiger partial charge in [-0.15, -0.1) is 0 Å². The van der Waals surface area contributed by atoms with Crippen molar-refractivity contribution < 1.29 is 14.3 Å². The summed E-state index contributed by atoms with van der Waals surface area (Å²) < 4.78 is 11.9. The van der Waals surface area contributed by atoms with Crippen molar-refractivity contribution in [2.75, 3.05) is 7.11 Å². The van der Waals surface area contributed by atoms with Crippen LogP contribution in [0.2, 0.25) is 0 Å². The molecule has 3 nitrogen and oxygen atoms in total. The summed E-state index contributed by atoms with van der Waals surface area (Å²) in [7, 11) is 1.46. The second-order valence-corrected chi connectivity index (χ2v) is 6.23. The van der Waals surface area contributed by atoms with E-state index in [0.29, 0.717) is 6.10 Å². The Morgan fingerprint density at radius 1 is 1.32 bits per heavy atom. The lowest BCUT2D eigenvalue weighted by molar-refractivity contribution is -0.156. The molecule has 0 aromatic heterocycles. The minimum Gasteiger partial charge on any atom is -0.469 e. The molecule has 2 unspecified atom stereocenters. The van der Waals surface area contributed by atoms with Crippen LogP contribution < -0.4 is 0 Å². The highest BCUT2D eigenvalue weighted by atomic mass is 79.9. The van der Waals surface area contributed by atoms with Crippen LogP contribution in [-0.2, 0) is 14.3 Å². The fraction of sp³-hybridized carbons (Fsp3) is 0.533. The van der Waals surface area contributed by atoms with Gasteiger partial charge < -0.3 is 9.47 Å². The van der Waals surface area contributed by atoms with Crippen LogP contribution in [0.4, 0.5) is 0 Å². The largest absolute Gasteiger partial charge is 0.469 e. The van der Waals surface area contributed by atoms with Crippen molar-refractivity contribution in [2.45, 2.75) is 37.4 Å². The van der Waals surface area contributed by atoms with Gasteiger partial charge in [0.1, 0.15) is 0 Å². The average Bonchev–Trinajstić information content (AvgIpc) is 2.80. The van der Waals surface area contributed by atoms with E-state index in [2.05, 4.69) is 28.1 Å². The number of esters is 1. The number of fused-ring (bicyclic) bond motifs is 2. The zero-order valence-corrected chi connectivity index (χ0v) is 12.4. The lowest BCUT2D eigenvalue weighted by Gasteiger charge is -2.35. The summed E-state index contributed by atoms with van der Waals surface area (Å²) in [5, 5.41) is 0. The van der Waals surface area contributed by atoms with Gasteiger partial charge in [0, 0.05) is 10.4 Å². The normalized spacial score (nSPS) is 33.2. The highest BCUT2D eigenvalue weighted by molar-refractivity contribution is 9.10. The molecule has 19 heavy (non-hydrogen) atoms. The summed E-state index contributed by atoms with van der Waals surface area (Å²) in [5.74, 6) is -0.0880. The van der Waals surface area contributed by atoms with E-state index in [4.69, 9.17) is 9.47 Å². The fourth-order valence-corrected chi connectivity index (χ4v) is 3.63. The number of hydrogen-bond donors (Lipinski definition) is 0. The molecule has 2 fully saturated rings. The van der Waals surface area contributed by atoms with Crippen molar-refractivity contribution in [1.29, 1.82) is 0 Å². The van der Waals surface area contributed by atoms with Crippen LogP contribution in [0, 0.1) is 5.92 Å². The van der Waals surface area contributed by atoms with Crippen molar-refractivity contribution >= 4 is 21.9 Å². The summed E-state index contributed by atoms with van der Waals surface area (Å²) in [4.78, 5) is 12.1. The summed E-state index contributed by atoms with van der Waals surface area (Å²) in [6, 6.07) is 8.24. The van der Waals surface area contributed by atoms with Gasteiger partial charge in [0.25, 0.3) is 0 Å². The molecule has 0 N–H and O–H groups in total. The maximum Gasteiger partial charge on any atom is 0.311 e. The van der Waals surface area contributed by atoms with Crippen molar-refractivity contribution in [2.24, 2.45) is 5.92 Å². The number of hydrogen-bond acceptors (Lipinski definition) is 3. The zero-order chi connectivity index (χ0) is 13.4. The lowest BCUT2D eigenvalue weighted by atomic mass is 9.79. The first-order valence-corrected chi connectivity index (χ1v) is 7.47. The van der Waals surface area contributed by atoms with Gasteiger partial charge in [-0.25, -0.2) is 0 Å². The molecule has 0 amide bonds. The predicted octanol–water partition coefficient (Wildman–Crippen LogP) is 3.27. The van der Waals surface area contributed by atoms with Crippen LogP contribution in [-0.4, -0.2) is 25.3 Å². The number of ether oxygens (including phenoxy) is 2. The first-order valence-electron chi connectivity index (χ1n) is 6.68. The molecule has 3 rings (SSSR count). The predicted molar refractivity (Wildman–Crippen MR) is 74.9 cm³/mol. The highest BCUT2D eigenvalue weighted by Crippen LogP contribution is 2.45. The second kappa shape index (κ2) is 5.25. The monoisotopic (exact) mass is 324 g/mol. The Kier molecular flexibility index (Phi) is 3.63. The molecule has 2 saturated heterocycles. The molecule has 1 aromatic rings. The Morgan fingerprint density at radius 3 is 2.74 bits per heavy atom. The minimum absolute atomic E-state index is 0.0276. The Hall–Kier alpha value is -0.870. The molecule has 4 heteroatoms. The van der Waals surface area contributed by atoms with E-state index in [9.17, 15) is 4.79 Å². The van der Waals surface area contributed by atoms with Gasteiger partial charge in [-0.1, -0.05) is 28.1 Å². The summed E-state index contributed by atoms with van der Waals surface area (Å²) in [5.41, 5.74) is 1.21. The number of carbonyl (C=O) groups excluding carboxylic acids is 1. The molecule has 102 valence electrons. The maximum absolute atomic E-state index is 12.1. The van der Waals surface area contributed by atoms with E-state index < -0.39 is 0 Å². The van der Waals surface area contributed by atoms with Crippen molar-refractivity contribution in [3.63, 3.8) is 0 Å². The lowest BCUT2D eigenvalue weighted by Crippen LogP contribution is -2.39. The van der Waals surface area contributed by atoms with Crippen LogP contribution >= 0.6 is 15.9 Å². The van der Waals surface area contributed by atoms with Crippen molar-refractivity contribution in [1.82, 2.24) is 0 Å². The van der Waals surface area contributed by atoms with Gasteiger partial charge in [0.05, 0.1) is 25.2 Å². The smallest absolute Gasteiger partial charge is 0.311 e. The van der Waals surface area contributed by atoms with E-state index in [1.807, 2.05) is 12.1 Å². The van der Waals surface area contributed by atoms with Crippen LogP contribution in [0.25, 0.3) is 0 Å². The molecular formula is C15H17BrO3. The molecule has 4 atom stereocenters. The molecule has 0 saturated carbocycles. The molecule has 0 aliphatic carbocycles. The van der Waals surface area contributed by atoms with Gasteiger partial charge in [-0.2, -0.15) is 0 Å². The topological polar surface area (TPSA) is 35.5 Å². The number of methoxy groups -OCH3 is 1. The molecule has 2 aliphatic rings. The van der Waals surface area contributed by atoms with E-state index in [1.165, 1.54) is 12.7 Å². The third kappa shape index (κ3) is 2.43. The Morgan fingerprint density at radius 2 is 2.05 bits per heavy atom. The Balaban J connectivity index is 1.92. The van der Waals surface area contributed by atoms with Crippen LogP contribution in [0.1, 0.15) is 30.7 Å². The number of rotatable bonds is 2. The van der Waals surface area contributed by atoms with Gasteiger partial charge in [-0.05, 0) is 37.0 Å². The molecular weight excluding hydrogens is 308 g/mol. The van der Waals surface area contributed by atoms with Gasteiger partial charge in [0.2, 0.25) is 0 Å². The van der Waals surface area contributed by atoms with Crippen LogP contribution in [0.15, 0.2) is 28.7 Å². The summed E-state index contributed by atoms with van der Waals surface area (Å²) in [6.07, 6.45) is 3.28. The average molecular weight is 325 g/mol. The SMILES string of the molecule is COC(=O)[C@@H]1C2CCC(C[C@@H]1c1ccc(Br)cc1)O2. The van der Waals surface area contributed by atoms with E-state index in [1.54, 1.807) is 0 Å². The fourth-order valence-electron chi connectivity index (χ4n) is 3.37. The Bertz CT molecular complexity index is 471. The Labute approximate surface area is 121 Å².